The average molecular weight is 505 g/mol. The van der Waals surface area contributed by atoms with Crippen LogP contribution < -0.4 is 15.5 Å². The zero-order valence-corrected chi connectivity index (χ0v) is 20.7. The van der Waals surface area contributed by atoms with Crippen molar-refractivity contribution < 1.29 is 14.0 Å². The number of carbonyl (C=O) groups is 2. The van der Waals surface area contributed by atoms with E-state index in [1.54, 1.807) is 13.2 Å². The number of alkyl halides is 1. The van der Waals surface area contributed by atoms with E-state index < -0.39 is 23.5 Å². The van der Waals surface area contributed by atoms with Crippen molar-refractivity contribution in [3.63, 3.8) is 0 Å². The van der Waals surface area contributed by atoms with Crippen molar-refractivity contribution in [2.45, 2.75) is 31.5 Å². The molecule has 1 saturated heterocycles. The highest BCUT2D eigenvalue weighted by molar-refractivity contribution is 7.16. The van der Waals surface area contributed by atoms with E-state index >= 15 is 4.39 Å². The van der Waals surface area contributed by atoms with Crippen LogP contribution >= 0.6 is 11.3 Å². The van der Waals surface area contributed by atoms with Crippen LogP contribution in [0.2, 0.25) is 0 Å². The molecule has 0 radical (unpaired) electrons. The molecule has 2 aliphatic rings. The normalized spacial score (nSPS) is 22.8. The van der Waals surface area contributed by atoms with Crippen LogP contribution in [0.5, 0.6) is 0 Å². The number of rotatable bonds is 5. The number of aromatic amines is 1. The number of amides is 2. The lowest BCUT2D eigenvalue weighted by Gasteiger charge is -2.44. The summed E-state index contributed by atoms with van der Waals surface area (Å²) < 4.78 is 15.4. The van der Waals surface area contributed by atoms with Gasteiger partial charge in [0, 0.05) is 29.1 Å². The first kappa shape index (κ1) is 22.8. The molecule has 1 fully saturated rings. The van der Waals surface area contributed by atoms with Crippen molar-refractivity contribution >= 4 is 61.4 Å². The number of imide groups is 1. The Labute approximate surface area is 210 Å². The number of aromatic nitrogens is 3. The first-order valence-corrected chi connectivity index (χ1v) is 12.8. The number of fused-ring (bicyclic) bond motifs is 2. The van der Waals surface area contributed by atoms with E-state index in [4.69, 9.17) is 9.97 Å². The summed E-state index contributed by atoms with van der Waals surface area (Å²) in [4.78, 5) is 41.6. The largest absolute Gasteiger partial charge is 0.352 e. The minimum Gasteiger partial charge on any atom is -0.352 e. The Bertz CT molecular complexity index is 1550. The van der Waals surface area contributed by atoms with Gasteiger partial charge in [0.1, 0.15) is 11.0 Å². The number of carbonyl (C=O) groups excluding carboxylic acids is 2. The minimum absolute atomic E-state index is 0.136. The van der Waals surface area contributed by atoms with Gasteiger partial charge in [-0.1, -0.05) is 25.1 Å². The van der Waals surface area contributed by atoms with Gasteiger partial charge in [-0.05, 0) is 37.4 Å². The molecule has 1 aromatic carbocycles. The number of thiophene rings is 1. The molecule has 0 spiro atoms. The third-order valence-corrected chi connectivity index (χ3v) is 8.40. The molecule has 0 saturated carbocycles. The maximum atomic E-state index is 15.4. The first-order chi connectivity index (χ1) is 17.5. The topological polar surface area (TPSA) is 103 Å². The van der Waals surface area contributed by atoms with Crippen molar-refractivity contribution in [3.8, 4) is 0 Å². The highest BCUT2D eigenvalue weighted by atomic mass is 32.1. The summed E-state index contributed by atoms with van der Waals surface area (Å²) >= 11 is 1.53. The van der Waals surface area contributed by atoms with Gasteiger partial charge in [0.05, 0.1) is 34.4 Å². The Morgan fingerprint density at radius 2 is 1.97 bits per heavy atom. The SMILES string of the molecule is CCC1(NC)CCN(c2nc(C3=C(c4c[nH]c5sccc45)C(=O)NC3=O)c3ccccc3n2)CC1F. The second kappa shape index (κ2) is 8.49. The molecule has 3 N–H and O–H groups in total. The molecule has 4 aromatic rings. The molecule has 0 aliphatic carbocycles. The van der Waals surface area contributed by atoms with Crippen LogP contribution in [0.1, 0.15) is 31.0 Å². The molecular formula is C26H25FN6O2S. The highest BCUT2D eigenvalue weighted by Gasteiger charge is 2.42. The number of anilines is 1. The van der Waals surface area contributed by atoms with E-state index in [-0.39, 0.29) is 17.7 Å². The monoisotopic (exact) mass is 504 g/mol. The number of para-hydroxylation sites is 1. The fourth-order valence-corrected chi connectivity index (χ4v) is 6.15. The lowest BCUT2D eigenvalue weighted by molar-refractivity contribution is -0.122. The van der Waals surface area contributed by atoms with Gasteiger partial charge in [0.25, 0.3) is 11.8 Å². The Kier molecular flexibility index (Phi) is 5.38. The summed E-state index contributed by atoms with van der Waals surface area (Å²) in [7, 11) is 1.80. The number of H-pyrrole nitrogens is 1. The molecule has 2 amide bonds. The second-order valence-electron chi connectivity index (χ2n) is 9.21. The molecule has 2 unspecified atom stereocenters. The number of halogens is 1. The number of nitrogens with zero attached hydrogens (tertiary/aromatic N) is 3. The Morgan fingerprint density at radius 1 is 1.17 bits per heavy atom. The fourth-order valence-electron chi connectivity index (χ4n) is 5.38. The van der Waals surface area contributed by atoms with Crippen molar-refractivity contribution in [3.05, 3.63) is 53.2 Å². The summed E-state index contributed by atoms with van der Waals surface area (Å²) in [5, 5.41) is 9.09. The quantitative estimate of drug-likeness (QED) is 0.359. The van der Waals surface area contributed by atoms with E-state index in [2.05, 4.69) is 15.6 Å². The molecule has 184 valence electrons. The van der Waals surface area contributed by atoms with Crippen LogP contribution in [0.25, 0.3) is 32.3 Å². The van der Waals surface area contributed by atoms with E-state index in [1.165, 1.54) is 11.3 Å². The van der Waals surface area contributed by atoms with Crippen LogP contribution in [-0.2, 0) is 9.59 Å². The van der Waals surface area contributed by atoms with Crippen LogP contribution in [0.4, 0.5) is 10.3 Å². The van der Waals surface area contributed by atoms with Crippen LogP contribution in [-0.4, -0.2) is 58.6 Å². The zero-order valence-electron chi connectivity index (χ0n) is 19.9. The summed E-state index contributed by atoms with van der Waals surface area (Å²) in [6.07, 6.45) is 1.91. The van der Waals surface area contributed by atoms with Gasteiger partial charge < -0.3 is 15.2 Å². The summed E-state index contributed by atoms with van der Waals surface area (Å²) in [6, 6.07) is 9.30. The maximum absolute atomic E-state index is 15.4. The molecule has 0 bridgehead atoms. The standard InChI is InChI=1S/C26H25FN6O2S/c1-3-26(28-2)9-10-33(13-18(26)27)25-30-17-7-5-4-6-15(17)21(31-25)20-19(22(34)32-23(20)35)16-12-29-24-14(16)8-11-36-24/h4-8,11-12,18,28-29H,3,9-10,13H2,1-2H3,(H,32,34,35). The molecular weight excluding hydrogens is 479 g/mol. The van der Waals surface area contributed by atoms with E-state index in [0.717, 1.165) is 10.2 Å². The fraction of sp³-hybridized carbons (Fsp3) is 0.308. The van der Waals surface area contributed by atoms with E-state index in [0.29, 0.717) is 47.5 Å². The molecule has 3 aromatic heterocycles. The summed E-state index contributed by atoms with van der Waals surface area (Å²) in [6.45, 7) is 2.69. The van der Waals surface area contributed by atoms with Crippen LogP contribution in [0.15, 0.2) is 41.9 Å². The third kappa shape index (κ3) is 3.35. The predicted octanol–water partition coefficient (Wildman–Crippen LogP) is 3.66. The first-order valence-electron chi connectivity index (χ1n) is 12.0. The smallest absolute Gasteiger partial charge is 0.261 e. The lowest BCUT2D eigenvalue weighted by atomic mass is 9.83. The highest BCUT2D eigenvalue weighted by Crippen LogP contribution is 2.38. The van der Waals surface area contributed by atoms with Gasteiger partial charge in [-0.15, -0.1) is 11.3 Å². The molecule has 5 heterocycles. The van der Waals surface area contributed by atoms with Gasteiger partial charge in [0.2, 0.25) is 5.95 Å². The van der Waals surface area contributed by atoms with Gasteiger partial charge >= 0.3 is 0 Å². The van der Waals surface area contributed by atoms with Crippen molar-refractivity contribution in [2.24, 2.45) is 0 Å². The minimum atomic E-state index is -1.11. The number of nitrogens with one attached hydrogen (secondary N) is 3. The average Bonchev–Trinajstić information content (AvgIpc) is 3.58. The van der Waals surface area contributed by atoms with E-state index in [1.807, 2.05) is 47.5 Å². The molecule has 2 aliphatic heterocycles. The molecule has 36 heavy (non-hydrogen) atoms. The third-order valence-electron chi connectivity index (χ3n) is 7.55. The van der Waals surface area contributed by atoms with Crippen molar-refractivity contribution in [1.29, 1.82) is 0 Å². The van der Waals surface area contributed by atoms with Crippen molar-refractivity contribution in [1.82, 2.24) is 25.6 Å². The zero-order chi connectivity index (χ0) is 25.0. The number of hydrogen-bond donors (Lipinski definition) is 3. The second-order valence-corrected chi connectivity index (χ2v) is 10.1. The molecule has 6 rings (SSSR count). The summed E-state index contributed by atoms with van der Waals surface area (Å²) in [5.74, 6) is -0.618. The predicted molar refractivity (Wildman–Crippen MR) is 139 cm³/mol. The Morgan fingerprint density at radius 3 is 2.75 bits per heavy atom. The lowest BCUT2D eigenvalue weighted by Crippen LogP contribution is -2.60. The van der Waals surface area contributed by atoms with Gasteiger partial charge in [-0.2, -0.15) is 0 Å². The number of benzene rings is 1. The van der Waals surface area contributed by atoms with Crippen molar-refractivity contribution in [2.75, 3.05) is 25.0 Å². The summed E-state index contributed by atoms with van der Waals surface area (Å²) in [5.41, 5.74) is 1.56. The maximum Gasteiger partial charge on any atom is 0.261 e. The molecule has 2 atom stereocenters. The molecule has 8 nitrogen and oxygen atoms in total. The van der Waals surface area contributed by atoms with E-state index in [9.17, 15) is 9.59 Å². The van der Waals surface area contributed by atoms with Gasteiger partial charge in [0.15, 0.2) is 0 Å². The number of piperidine rings is 1. The Hall–Kier alpha value is -3.63. The molecule has 10 heteroatoms. The van der Waals surface area contributed by atoms with Crippen LogP contribution in [0, 0.1) is 0 Å². The van der Waals surface area contributed by atoms with Gasteiger partial charge in [-0.25, -0.2) is 14.4 Å². The Balaban J connectivity index is 1.53. The van der Waals surface area contributed by atoms with Gasteiger partial charge in [-0.3, -0.25) is 14.9 Å². The number of hydrogen-bond acceptors (Lipinski definition) is 7. The van der Waals surface area contributed by atoms with Crippen LogP contribution in [0.3, 0.4) is 0 Å².